The molecule has 112 valence electrons. The Labute approximate surface area is 141 Å². The van der Waals surface area contributed by atoms with Crippen LogP contribution in [0.3, 0.4) is 0 Å². The van der Waals surface area contributed by atoms with Crippen molar-refractivity contribution in [2.24, 2.45) is 0 Å². The molecule has 0 atom stereocenters. The number of rotatable bonds is 1. The Morgan fingerprint density at radius 1 is 0.750 bits per heavy atom. The van der Waals surface area contributed by atoms with Crippen molar-refractivity contribution < 1.29 is 0 Å². The van der Waals surface area contributed by atoms with Crippen LogP contribution in [0.25, 0.3) is 27.6 Å². The second kappa shape index (κ2) is 5.24. The van der Waals surface area contributed by atoms with Crippen LogP contribution in [-0.4, -0.2) is 6.91 Å². The van der Waals surface area contributed by atoms with E-state index in [2.05, 4.69) is 96.1 Å². The molecule has 0 saturated heterocycles. The monoisotopic (exact) mass is 306 g/mol. The second-order valence-corrected chi connectivity index (χ2v) is 6.02. The molecule has 0 unspecified atom stereocenters. The van der Waals surface area contributed by atoms with Crippen LogP contribution in [0.4, 0.5) is 11.3 Å². The summed E-state index contributed by atoms with van der Waals surface area (Å²) in [7, 11) is 0. The first-order valence-corrected chi connectivity index (χ1v) is 8.14. The zero-order chi connectivity index (χ0) is 15.9. The molecule has 1 aromatic heterocycles. The van der Waals surface area contributed by atoms with Gasteiger partial charge in [-0.15, -0.1) is 0 Å². The number of hydrazine groups is 1. The summed E-state index contributed by atoms with van der Waals surface area (Å²) >= 11 is 0. The van der Waals surface area contributed by atoms with Crippen molar-refractivity contribution in [1.82, 2.24) is 5.43 Å². The van der Waals surface area contributed by atoms with E-state index in [-0.39, 0.29) is 0 Å². The zero-order valence-electron chi connectivity index (χ0n) is 13.1. The number of benzene rings is 3. The van der Waals surface area contributed by atoms with Crippen molar-refractivity contribution in [3.8, 4) is 0 Å². The van der Waals surface area contributed by atoms with E-state index < -0.39 is 0 Å². The Morgan fingerprint density at radius 2 is 1.50 bits per heavy atom. The van der Waals surface area contributed by atoms with Crippen molar-refractivity contribution >= 4 is 45.8 Å². The molecule has 24 heavy (non-hydrogen) atoms. The number of fused-ring (bicyclic) bond motifs is 4. The van der Waals surface area contributed by atoms with E-state index in [4.69, 9.17) is 0 Å². The molecular weight excluding hydrogens is 291 g/mol. The van der Waals surface area contributed by atoms with E-state index in [1.54, 1.807) is 0 Å². The van der Waals surface area contributed by atoms with Crippen LogP contribution in [0.1, 0.15) is 5.56 Å². The van der Waals surface area contributed by atoms with E-state index in [9.17, 15) is 0 Å². The molecule has 0 saturated carbocycles. The van der Waals surface area contributed by atoms with E-state index in [1.807, 2.05) is 6.20 Å². The van der Waals surface area contributed by atoms with Gasteiger partial charge in [-0.2, -0.15) is 0 Å². The maximum absolute atomic E-state index is 3.43. The first kappa shape index (κ1) is 13.4. The Morgan fingerprint density at radius 3 is 2.38 bits per heavy atom. The van der Waals surface area contributed by atoms with E-state index >= 15 is 0 Å². The van der Waals surface area contributed by atoms with E-state index in [0.29, 0.717) is 0 Å². The standard InChI is InChI=1S/C21H15BN2/c1-3-7-18-15(5-1)9-10-17-12-14-23-24(20(17)18)21-19-8-4-2-6-16(19)11-13-22-21/h1-14,23H. The third-order valence-corrected chi connectivity index (χ3v) is 4.63. The molecule has 0 radical (unpaired) electrons. The zero-order valence-corrected chi connectivity index (χ0v) is 13.1. The van der Waals surface area contributed by atoms with Gasteiger partial charge in [0.2, 0.25) is 0 Å². The fourth-order valence-corrected chi connectivity index (χ4v) is 3.52. The molecule has 3 heteroatoms. The Bertz CT molecular complexity index is 1100. The fourth-order valence-electron chi connectivity index (χ4n) is 3.52. The summed E-state index contributed by atoms with van der Waals surface area (Å²) < 4.78 is 0. The van der Waals surface area contributed by atoms with Crippen molar-refractivity contribution in [2.45, 2.75) is 0 Å². The predicted molar refractivity (Wildman–Crippen MR) is 104 cm³/mol. The Kier molecular flexibility index (Phi) is 2.92. The predicted octanol–water partition coefficient (Wildman–Crippen LogP) is 4.96. The molecule has 1 aliphatic rings. The minimum absolute atomic E-state index is 1.16. The van der Waals surface area contributed by atoms with E-state index in [0.717, 1.165) is 5.58 Å². The summed E-state index contributed by atoms with van der Waals surface area (Å²) in [5, 5.41) is 7.17. The summed E-state index contributed by atoms with van der Waals surface area (Å²) in [6.07, 6.45) is 4.13. The molecule has 2 nitrogen and oxygen atoms in total. The topological polar surface area (TPSA) is 15.3 Å². The van der Waals surface area contributed by atoms with Gasteiger partial charge in [0.1, 0.15) is 0 Å². The number of anilines is 2. The number of nitrogens with zero attached hydrogens (tertiary/aromatic N) is 1. The van der Waals surface area contributed by atoms with Gasteiger partial charge in [0.25, 0.3) is 0 Å². The van der Waals surface area contributed by atoms with Crippen molar-refractivity contribution in [2.75, 3.05) is 5.01 Å². The summed E-state index contributed by atoms with van der Waals surface area (Å²) in [6.45, 7) is 2.17. The van der Waals surface area contributed by atoms with Crippen LogP contribution in [0.2, 0.25) is 0 Å². The normalized spacial score (nSPS) is 12.9. The second-order valence-electron chi connectivity index (χ2n) is 6.02. The molecule has 1 N–H and O–H groups in total. The van der Waals surface area contributed by atoms with Gasteiger partial charge in [-0.1, -0.05) is 0 Å². The summed E-state index contributed by atoms with van der Waals surface area (Å²) in [5.74, 6) is 2.11. The molecular formula is C21H15BN2. The minimum atomic E-state index is 1.16. The van der Waals surface area contributed by atoms with Crippen LogP contribution < -0.4 is 10.4 Å². The molecule has 0 fully saturated rings. The molecule has 0 aliphatic carbocycles. The SMILES string of the molecule is b1ccc2ccccc2c1N1NC=Cc2ccc3ccccc3c21. The average Bonchev–Trinajstić information content (AvgIpc) is 2.67. The Balaban J connectivity index is 1.83. The van der Waals surface area contributed by atoms with Crippen molar-refractivity contribution in [3.05, 3.63) is 84.5 Å². The van der Waals surface area contributed by atoms with Gasteiger partial charge in [-0.3, -0.25) is 0 Å². The van der Waals surface area contributed by atoms with Crippen molar-refractivity contribution in [1.29, 1.82) is 0 Å². The molecule has 3 aromatic carbocycles. The van der Waals surface area contributed by atoms with Crippen LogP contribution in [0, 0.1) is 0 Å². The van der Waals surface area contributed by atoms with Crippen LogP contribution in [0.15, 0.2) is 78.9 Å². The molecule has 1 aliphatic heterocycles. The van der Waals surface area contributed by atoms with Gasteiger partial charge in [0.05, 0.1) is 0 Å². The number of hydrogen-bond donors (Lipinski definition) is 1. The molecule has 0 spiro atoms. The third kappa shape index (κ3) is 1.95. The van der Waals surface area contributed by atoms with Crippen LogP contribution >= 0.6 is 0 Å². The van der Waals surface area contributed by atoms with Gasteiger partial charge in [0, 0.05) is 0 Å². The molecule has 2 heterocycles. The molecule has 0 bridgehead atoms. The number of hydrogen-bond acceptors (Lipinski definition) is 2. The maximum atomic E-state index is 3.43. The number of nitrogens with one attached hydrogen (secondary N) is 1. The van der Waals surface area contributed by atoms with Gasteiger partial charge >= 0.3 is 141 Å². The van der Waals surface area contributed by atoms with Gasteiger partial charge in [-0.05, 0) is 0 Å². The third-order valence-electron chi connectivity index (χ3n) is 4.63. The Hall–Kier alpha value is -3.07. The quantitative estimate of drug-likeness (QED) is 0.535. The fraction of sp³-hybridized carbons (Fsp3) is 0. The average molecular weight is 306 g/mol. The van der Waals surface area contributed by atoms with Gasteiger partial charge in [0.15, 0.2) is 0 Å². The van der Waals surface area contributed by atoms with Gasteiger partial charge < -0.3 is 0 Å². The molecule has 0 amide bonds. The molecule has 4 aromatic rings. The van der Waals surface area contributed by atoms with Crippen molar-refractivity contribution in [3.63, 3.8) is 0 Å². The summed E-state index contributed by atoms with van der Waals surface area (Å²) in [6, 6.07) is 23.6. The van der Waals surface area contributed by atoms with E-state index in [1.165, 1.54) is 32.8 Å². The van der Waals surface area contributed by atoms with Gasteiger partial charge in [-0.25, -0.2) is 0 Å². The van der Waals surface area contributed by atoms with Crippen LogP contribution in [-0.2, 0) is 0 Å². The summed E-state index contributed by atoms with van der Waals surface area (Å²) in [5.41, 5.74) is 7.01. The first-order chi connectivity index (χ1) is 11.9. The van der Waals surface area contributed by atoms with Crippen LogP contribution in [0.5, 0.6) is 0 Å². The molecule has 5 rings (SSSR count). The first-order valence-electron chi connectivity index (χ1n) is 8.14. The summed E-state index contributed by atoms with van der Waals surface area (Å²) in [4.78, 5) is 0.